The molecule has 4 aromatic rings. The molecule has 0 radical (unpaired) electrons. The lowest BCUT2D eigenvalue weighted by Gasteiger charge is -2.13. The van der Waals surface area contributed by atoms with Crippen molar-refractivity contribution in [2.45, 2.75) is 5.16 Å². The molecule has 0 aliphatic heterocycles. The van der Waals surface area contributed by atoms with Crippen LogP contribution in [0.2, 0.25) is 0 Å². The van der Waals surface area contributed by atoms with E-state index in [9.17, 15) is 4.79 Å². The lowest BCUT2D eigenvalue weighted by atomic mass is 10.2. The van der Waals surface area contributed by atoms with Crippen LogP contribution in [0.1, 0.15) is 10.4 Å². The van der Waals surface area contributed by atoms with Crippen molar-refractivity contribution in [3.63, 3.8) is 0 Å². The third-order valence-corrected chi connectivity index (χ3v) is 6.26. The van der Waals surface area contributed by atoms with Crippen LogP contribution in [-0.2, 0) is 4.74 Å². The number of esters is 1. The number of methoxy groups -OCH3 is 3. The summed E-state index contributed by atoms with van der Waals surface area (Å²) < 4.78 is 24.4. The summed E-state index contributed by atoms with van der Waals surface area (Å²) in [5, 5.41) is 9.25. The van der Waals surface area contributed by atoms with Gasteiger partial charge in [-0.15, -0.1) is 10.2 Å². The van der Waals surface area contributed by atoms with Gasteiger partial charge in [0, 0.05) is 5.75 Å². The van der Waals surface area contributed by atoms with Gasteiger partial charge in [0.25, 0.3) is 0 Å². The first-order valence-corrected chi connectivity index (χ1v) is 10.8. The number of aromatic nitrogens is 3. The lowest BCUT2D eigenvalue weighted by Crippen LogP contribution is -2.09. The Hall–Kier alpha value is -2.98. The van der Waals surface area contributed by atoms with Crippen LogP contribution >= 0.6 is 23.1 Å². The van der Waals surface area contributed by atoms with E-state index in [4.69, 9.17) is 18.9 Å². The van der Waals surface area contributed by atoms with Crippen LogP contribution < -0.4 is 14.2 Å². The average molecular weight is 446 g/mol. The largest absolute Gasteiger partial charge is 0.493 e. The molecule has 0 saturated carbocycles. The number of fused-ring (bicyclic) bond motifs is 3. The molecule has 8 nitrogen and oxygen atoms in total. The molecule has 2 aromatic heterocycles. The summed E-state index contributed by atoms with van der Waals surface area (Å²) in [5.74, 6) is 1.29. The summed E-state index contributed by atoms with van der Waals surface area (Å²) in [5.41, 5.74) is 1.39. The lowest BCUT2D eigenvalue weighted by molar-refractivity contribution is 0.0529. The van der Waals surface area contributed by atoms with Crippen molar-refractivity contribution in [3.05, 3.63) is 42.0 Å². The van der Waals surface area contributed by atoms with E-state index in [0.29, 0.717) is 28.6 Å². The minimum absolute atomic E-state index is 0.219. The first-order valence-electron chi connectivity index (χ1n) is 8.99. The number of carbonyl (C=O) groups excluding carboxylic acids is 1. The molecule has 10 heteroatoms. The summed E-state index contributed by atoms with van der Waals surface area (Å²) >= 11 is 3.07. The molecule has 0 N–H and O–H groups in total. The maximum atomic E-state index is 12.5. The molecule has 0 fully saturated rings. The Balaban J connectivity index is 1.41. The van der Waals surface area contributed by atoms with E-state index in [1.165, 1.54) is 33.1 Å². The smallest absolute Gasteiger partial charge is 0.338 e. The van der Waals surface area contributed by atoms with Gasteiger partial charge in [-0.05, 0) is 24.3 Å². The van der Waals surface area contributed by atoms with Crippen molar-refractivity contribution in [2.75, 3.05) is 33.7 Å². The molecule has 0 amide bonds. The number of benzene rings is 2. The minimum atomic E-state index is -0.470. The third kappa shape index (κ3) is 3.75. The molecular weight excluding hydrogens is 426 g/mol. The van der Waals surface area contributed by atoms with E-state index in [1.54, 1.807) is 23.5 Å². The molecule has 0 saturated heterocycles. The predicted octanol–water partition coefficient (Wildman–Crippen LogP) is 3.92. The topological polar surface area (TPSA) is 84.2 Å². The molecule has 0 bridgehead atoms. The number of rotatable bonds is 8. The van der Waals surface area contributed by atoms with Gasteiger partial charge in [-0.25, -0.2) is 4.79 Å². The van der Waals surface area contributed by atoms with E-state index in [-0.39, 0.29) is 6.61 Å². The van der Waals surface area contributed by atoms with Crippen LogP contribution in [0.5, 0.6) is 17.2 Å². The third-order valence-electron chi connectivity index (χ3n) is 4.36. The fourth-order valence-corrected chi connectivity index (χ4v) is 4.78. The molecule has 30 heavy (non-hydrogen) atoms. The Kier molecular flexibility index (Phi) is 5.96. The summed E-state index contributed by atoms with van der Waals surface area (Å²) in [4.78, 5) is 13.3. The Labute approximate surface area is 180 Å². The number of hydrogen-bond donors (Lipinski definition) is 0. The average Bonchev–Trinajstić information content (AvgIpc) is 3.34. The number of ether oxygens (including phenoxy) is 4. The fourth-order valence-electron chi connectivity index (χ4n) is 3.00. The highest BCUT2D eigenvalue weighted by atomic mass is 32.2. The molecule has 0 spiro atoms. The Morgan fingerprint density at radius 2 is 1.80 bits per heavy atom. The quantitative estimate of drug-likeness (QED) is 0.229. The first-order chi connectivity index (χ1) is 14.7. The van der Waals surface area contributed by atoms with Crippen molar-refractivity contribution >= 4 is 44.2 Å². The van der Waals surface area contributed by atoms with Gasteiger partial charge in [-0.3, -0.25) is 4.40 Å². The van der Waals surface area contributed by atoms with E-state index in [2.05, 4.69) is 16.3 Å². The summed E-state index contributed by atoms with van der Waals surface area (Å²) in [7, 11) is 4.50. The zero-order chi connectivity index (χ0) is 21.1. The summed E-state index contributed by atoms with van der Waals surface area (Å²) in [6, 6.07) is 11.2. The molecule has 0 aliphatic carbocycles. The van der Waals surface area contributed by atoms with Crippen molar-refractivity contribution in [1.82, 2.24) is 14.6 Å². The predicted molar refractivity (Wildman–Crippen MR) is 115 cm³/mol. The van der Waals surface area contributed by atoms with Crippen LogP contribution in [0.3, 0.4) is 0 Å². The number of nitrogens with zero attached hydrogens (tertiary/aromatic N) is 3. The van der Waals surface area contributed by atoms with Crippen molar-refractivity contribution in [3.8, 4) is 17.2 Å². The van der Waals surface area contributed by atoms with Crippen LogP contribution in [0.25, 0.3) is 15.2 Å². The molecule has 2 heterocycles. The standard InChI is InChI=1S/C20H19N3O5S2/c1-25-14-10-12(11-15(26-2)17(14)27-3)18(24)28-8-9-29-19-21-22-20-23(19)13-6-4-5-7-16(13)30-20/h4-7,10-11H,8-9H2,1-3H3. The monoisotopic (exact) mass is 445 g/mol. The molecule has 156 valence electrons. The number of thioether (sulfide) groups is 1. The zero-order valence-electron chi connectivity index (χ0n) is 16.6. The second kappa shape index (κ2) is 8.80. The highest BCUT2D eigenvalue weighted by Gasteiger charge is 2.18. The highest BCUT2D eigenvalue weighted by Crippen LogP contribution is 2.38. The van der Waals surface area contributed by atoms with E-state index in [0.717, 1.165) is 20.3 Å². The molecule has 2 aromatic carbocycles. The highest BCUT2D eigenvalue weighted by molar-refractivity contribution is 7.99. The van der Waals surface area contributed by atoms with Crippen molar-refractivity contribution in [1.29, 1.82) is 0 Å². The van der Waals surface area contributed by atoms with Gasteiger partial charge in [0.2, 0.25) is 10.7 Å². The zero-order valence-corrected chi connectivity index (χ0v) is 18.2. The van der Waals surface area contributed by atoms with E-state index in [1.807, 2.05) is 22.6 Å². The number of thiazole rings is 1. The molecule has 4 rings (SSSR count). The van der Waals surface area contributed by atoms with Crippen molar-refractivity contribution in [2.24, 2.45) is 0 Å². The summed E-state index contributed by atoms with van der Waals surface area (Å²) in [6.45, 7) is 0.219. The molecule has 0 atom stereocenters. The molecular formula is C20H19N3O5S2. The Morgan fingerprint density at radius 1 is 1.07 bits per heavy atom. The number of hydrogen-bond acceptors (Lipinski definition) is 9. The minimum Gasteiger partial charge on any atom is -0.493 e. The molecule has 0 aliphatic rings. The second-order valence-corrected chi connectivity index (χ2v) is 8.14. The van der Waals surface area contributed by atoms with Gasteiger partial charge >= 0.3 is 5.97 Å². The van der Waals surface area contributed by atoms with Crippen molar-refractivity contribution < 1.29 is 23.7 Å². The second-order valence-electron chi connectivity index (χ2n) is 6.07. The van der Waals surface area contributed by atoms with Gasteiger partial charge < -0.3 is 18.9 Å². The normalized spacial score (nSPS) is 11.0. The van der Waals surface area contributed by atoms with Crippen LogP contribution in [-0.4, -0.2) is 54.3 Å². The van der Waals surface area contributed by atoms with Gasteiger partial charge in [0.1, 0.15) is 6.61 Å². The van der Waals surface area contributed by atoms with Crippen LogP contribution in [0.4, 0.5) is 0 Å². The van der Waals surface area contributed by atoms with E-state index < -0.39 is 5.97 Å². The first kappa shape index (κ1) is 20.3. The summed E-state index contributed by atoms with van der Waals surface area (Å²) in [6.07, 6.45) is 0. The number of para-hydroxylation sites is 1. The Morgan fingerprint density at radius 3 is 2.50 bits per heavy atom. The van der Waals surface area contributed by atoms with Gasteiger partial charge in [0.15, 0.2) is 16.7 Å². The van der Waals surface area contributed by atoms with Gasteiger partial charge in [-0.1, -0.05) is 35.2 Å². The number of carbonyl (C=O) groups is 1. The maximum Gasteiger partial charge on any atom is 0.338 e. The van der Waals surface area contributed by atoms with Crippen LogP contribution in [0, 0.1) is 0 Å². The van der Waals surface area contributed by atoms with Crippen LogP contribution in [0.15, 0.2) is 41.6 Å². The van der Waals surface area contributed by atoms with E-state index >= 15 is 0 Å². The molecule has 0 unspecified atom stereocenters. The maximum absolute atomic E-state index is 12.5. The SMILES string of the molecule is COc1cc(C(=O)OCCSc2nnc3sc4ccccc4n23)cc(OC)c1OC. The van der Waals surface area contributed by atoms with Gasteiger partial charge in [-0.2, -0.15) is 0 Å². The fraction of sp³-hybridized carbons (Fsp3) is 0.250. The van der Waals surface area contributed by atoms with Gasteiger partial charge in [0.05, 0.1) is 37.1 Å². The Bertz CT molecular complexity index is 1180.